The summed E-state index contributed by atoms with van der Waals surface area (Å²) in [5.41, 5.74) is 1.89. The van der Waals surface area contributed by atoms with Gasteiger partial charge in [0, 0.05) is 19.6 Å². The molecule has 1 fully saturated rings. The van der Waals surface area contributed by atoms with Crippen molar-refractivity contribution in [1.29, 1.82) is 0 Å². The molecule has 1 N–H and O–H groups in total. The Kier molecular flexibility index (Phi) is 6.60. The van der Waals surface area contributed by atoms with Crippen molar-refractivity contribution in [3.8, 4) is 5.75 Å². The van der Waals surface area contributed by atoms with Gasteiger partial charge in [-0.1, -0.05) is 18.2 Å². The quantitative estimate of drug-likeness (QED) is 0.804. The molecule has 6 nitrogen and oxygen atoms in total. The molecule has 0 spiro atoms. The predicted molar refractivity (Wildman–Crippen MR) is 102 cm³/mol. The maximum Gasteiger partial charge on any atom is 0.263 e. The monoisotopic (exact) mass is 375 g/mol. The van der Waals surface area contributed by atoms with Crippen LogP contribution >= 0.6 is 11.3 Å². The maximum absolute atomic E-state index is 12.5. The molecule has 1 aliphatic heterocycles. The Morgan fingerprint density at radius 2 is 2.12 bits per heavy atom. The number of hydrogen-bond acceptors (Lipinski definition) is 6. The zero-order chi connectivity index (χ0) is 18.4. The number of morpholine rings is 1. The van der Waals surface area contributed by atoms with E-state index in [9.17, 15) is 4.79 Å². The molecular weight excluding hydrogens is 350 g/mol. The normalized spacial score (nSPS) is 15.0. The highest BCUT2D eigenvalue weighted by Gasteiger charge is 2.18. The number of nitrogens with one attached hydrogen (secondary N) is 1. The number of carbonyl (C=O) groups is 1. The summed E-state index contributed by atoms with van der Waals surface area (Å²) >= 11 is 1.48. The number of thiazole rings is 1. The van der Waals surface area contributed by atoms with Crippen LogP contribution in [0.25, 0.3) is 0 Å². The zero-order valence-corrected chi connectivity index (χ0v) is 16.1. The lowest BCUT2D eigenvalue weighted by molar-refractivity contribution is 0.0341. The molecule has 26 heavy (non-hydrogen) atoms. The second-order valence-electron chi connectivity index (χ2n) is 6.23. The number of carbonyl (C=O) groups excluding carboxylic acids is 1. The summed E-state index contributed by atoms with van der Waals surface area (Å²) in [7, 11) is 1.66. The smallest absolute Gasteiger partial charge is 0.263 e. The molecule has 140 valence electrons. The molecule has 3 rings (SSSR count). The first-order chi connectivity index (χ1) is 12.7. The predicted octanol–water partition coefficient (Wildman–Crippen LogP) is 2.26. The number of para-hydroxylation sites is 1. The first-order valence-corrected chi connectivity index (χ1v) is 9.65. The van der Waals surface area contributed by atoms with Gasteiger partial charge in [0.2, 0.25) is 0 Å². The molecule has 2 heterocycles. The van der Waals surface area contributed by atoms with E-state index in [4.69, 9.17) is 9.47 Å². The fraction of sp³-hybridized carbons (Fsp3) is 0.474. The zero-order valence-electron chi connectivity index (χ0n) is 15.3. The number of amides is 1. The minimum Gasteiger partial charge on any atom is -0.496 e. The maximum atomic E-state index is 12.5. The Hall–Kier alpha value is -1.96. The molecule has 0 saturated carbocycles. The van der Waals surface area contributed by atoms with E-state index in [2.05, 4.69) is 15.2 Å². The minimum absolute atomic E-state index is 0.0527. The van der Waals surface area contributed by atoms with E-state index >= 15 is 0 Å². The molecule has 1 aliphatic rings. The van der Waals surface area contributed by atoms with Crippen molar-refractivity contribution in [3.63, 3.8) is 0 Å². The number of rotatable bonds is 7. The molecule has 1 aromatic carbocycles. The van der Waals surface area contributed by atoms with Gasteiger partial charge in [-0.15, -0.1) is 11.3 Å². The standard InChI is InChI=1S/C19H25N3O3S/c1-14-18(26-17(21-14)13-22-9-11-25-12-10-22)19(23)20-8-7-15-5-3-4-6-16(15)24-2/h3-6H,7-13H2,1-2H3,(H,20,23). The summed E-state index contributed by atoms with van der Waals surface area (Å²) in [6.07, 6.45) is 0.730. The molecule has 2 aromatic rings. The Labute approximate surface area is 158 Å². The average Bonchev–Trinajstić information content (AvgIpc) is 3.03. The summed E-state index contributed by atoms with van der Waals surface area (Å²) in [4.78, 5) is 20.1. The van der Waals surface area contributed by atoms with E-state index in [0.717, 1.165) is 61.3 Å². The lowest BCUT2D eigenvalue weighted by Crippen LogP contribution is -2.35. The average molecular weight is 375 g/mol. The third-order valence-electron chi connectivity index (χ3n) is 4.38. The third-order valence-corrected chi connectivity index (χ3v) is 5.52. The van der Waals surface area contributed by atoms with E-state index < -0.39 is 0 Å². The van der Waals surface area contributed by atoms with Gasteiger partial charge in [-0.3, -0.25) is 9.69 Å². The van der Waals surface area contributed by atoms with Crippen molar-refractivity contribution in [2.75, 3.05) is 40.0 Å². The molecule has 0 unspecified atom stereocenters. The molecule has 0 aliphatic carbocycles. The van der Waals surface area contributed by atoms with Crippen molar-refractivity contribution in [3.05, 3.63) is 45.4 Å². The van der Waals surface area contributed by atoms with Crippen LogP contribution in [0.3, 0.4) is 0 Å². The Morgan fingerprint density at radius 1 is 1.35 bits per heavy atom. The summed E-state index contributed by atoms with van der Waals surface area (Å²) in [5.74, 6) is 0.798. The van der Waals surface area contributed by atoms with E-state index in [1.165, 1.54) is 11.3 Å². The van der Waals surface area contributed by atoms with Gasteiger partial charge in [-0.2, -0.15) is 0 Å². The van der Waals surface area contributed by atoms with Crippen LogP contribution < -0.4 is 10.1 Å². The summed E-state index contributed by atoms with van der Waals surface area (Å²) < 4.78 is 10.7. The number of hydrogen-bond donors (Lipinski definition) is 1. The van der Waals surface area contributed by atoms with Crippen LogP contribution in [0.5, 0.6) is 5.75 Å². The van der Waals surface area contributed by atoms with Gasteiger partial charge in [-0.25, -0.2) is 4.98 Å². The number of aryl methyl sites for hydroxylation is 1. The minimum atomic E-state index is -0.0527. The molecule has 7 heteroatoms. The number of benzene rings is 1. The van der Waals surface area contributed by atoms with E-state index in [0.29, 0.717) is 11.4 Å². The number of aromatic nitrogens is 1. The highest BCUT2D eigenvalue weighted by atomic mass is 32.1. The fourth-order valence-corrected chi connectivity index (χ4v) is 4.01. The van der Waals surface area contributed by atoms with E-state index in [1.807, 2.05) is 31.2 Å². The van der Waals surface area contributed by atoms with E-state index in [1.54, 1.807) is 7.11 Å². The van der Waals surface area contributed by atoms with Gasteiger partial charge in [0.05, 0.1) is 32.6 Å². The molecule has 0 radical (unpaired) electrons. The molecule has 1 saturated heterocycles. The molecular formula is C19H25N3O3S. The SMILES string of the molecule is COc1ccccc1CCNC(=O)c1sc(CN2CCOCC2)nc1C. The van der Waals surface area contributed by atoms with Crippen LogP contribution in [0.1, 0.15) is 25.9 Å². The van der Waals surface area contributed by atoms with Crippen LogP contribution in [0.4, 0.5) is 0 Å². The Balaban J connectivity index is 1.54. The highest BCUT2D eigenvalue weighted by Crippen LogP contribution is 2.20. The summed E-state index contributed by atoms with van der Waals surface area (Å²) in [5, 5.41) is 3.98. The van der Waals surface area contributed by atoms with Crippen LogP contribution in [0, 0.1) is 6.92 Å². The van der Waals surface area contributed by atoms with Gasteiger partial charge >= 0.3 is 0 Å². The summed E-state index contributed by atoms with van der Waals surface area (Å²) in [6.45, 7) is 6.60. The van der Waals surface area contributed by atoms with Crippen LogP contribution in [0.2, 0.25) is 0 Å². The lowest BCUT2D eigenvalue weighted by Gasteiger charge is -2.25. The number of ether oxygens (including phenoxy) is 2. The van der Waals surface area contributed by atoms with Crippen LogP contribution in [-0.4, -0.2) is 55.7 Å². The van der Waals surface area contributed by atoms with Crippen molar-refractivity contribution in [2.24, 2.45) is 0 Å². The topological polar surface area (TPSA) is 63.7 Å². The highest BCUT2D eigenvalue weighted by molar-refractivity contribution is 7.13. The number of methoxy groups -OCH3 is 1. The number of nitrogens with zero attached hydrogens (tertiary/aromatic N) is 2. The summed E-state index contributed by atoms with van der Waals surface area (Å²) in [6, 6.07) is 7.87. The van der Waals surface area contributed by atoms with Gasteiger partial charge in [0.25, 0.3) is 5.91 Å². The molecule has 1 amide bonds. The van der Waals surface area contributed by atoms with Crippen molar-refractivity contribution in [2.45, 2.75) is 19.9 Å². The third kappa shape index (κ3) is 4.81. The van der Waals surface area contributed by atoms with Gasteiger partial charge in [0.1, 0.15) is 15.6 Å². The largest absolute Gasteiger partial charge is 0.496 e. The first-order valence-electron chi connectivity index (χ1n) is 8.84. The Morgan fingerprint density at radius 3 is 2.88 bits per heavy atom. The van der Waals surface area contributed by atoms with Crippen LogP contribution in [0.15, 0.2) is 24.3 Å². The van der Waals surface area contributed by atoms with Crippen molar-refractivity contribution < 1.29 is 14.3 Å². The van der Waals surface area contributed by atoms with Crippen molar-refractivity contribution in [1.82, 2.24) is 15.2 Å². The lowest BCUT2D eigenvalue weighted by atomic mass is 10.1. The van der Waals surface area contributed by atoms with E-state index in [-0.39, 0.29) is 5.91 Å². The van der Waals surface area contributed by atoms with Gasteiger partial charge < -0.3 is 14.8 Å². The van der Waals surface area contributed by atoms with Crippen LogP contribution in [-0.2, 0) is 17.7 Å². The van der Waals surface area contributed by atoms with Gasteiger partial charge in [-0.05, 0) is 25.0 Å². The van der Waals surface area contributed by atoms with Crippen molar-refractivity contribution >= 4 is 17.2 Å². The fourth-order valence-electron chi connectivity index (χ4n) is 2.98. The second kappa shape index (κ2) is 9.12. The molecule has 1 aromatic heterocycles. The second-order valence-corrected chi connectivity index (χ2v) is 7.31. The first kappa shape index (κ1) is 18.8. The molecule has 0 bridgehead atoms. The Bertz CT molecular complexity index is 741. The van der Waals surface area contributed by atoms with Gasteiger partial charge in [0.15, 0.2) is 0 Å². The molecule has 0 atom stereocenters.